The quantitative estimate of drug-likeness (QED) is 0.175. The van der Waals surface area contributed by atoms with E-state index in [1.54, 1.807) is 0 Å². The lowest BCUT2D eigenvalue weighted by atomic mass is 10.0. The highest BCUT2D eigenvalue weighted by molar-refractivity contribution is 8.11. The molecule has 0 saturated carbocycles. The van der Waals surface area contributed by atoms with Crippen LogP contribution in [-0.4, -0.2) is 4.20 Å². The summed E-state index contributed by atoms with van der Waals surface area (Å²) in [6.45, 7) is 2.29. The molecule has 0 aromatic heterocycles. The fourth-order valence-electron chi connectivity index (χ4n) is 2.65. The molecule has 0 aliphatic carbocycles. The Bertz CT molecular complexity index is 202. The summed E-state index contributed by atoms with van der Waals surface area (Å²) in [5, 5.41) is 0. The van der Waals surface area contributed by atoms with Crippen molar-refractivity contribution in [3.63, 3.8) is 0 Å². The van der Waals surface area contributed by atoms with Crippen molar-refractivity contribution >= 4 is 29.0 Å². The van der Waals surface area contributed by atoms with Gasteiger partial charge in [0.1, 0.15) is 0 Å². The first-order valence-electron chi connectivity index (χ1n) is 8.99. The van der Waals surface area contributed by atoms with Crippen molar-refractivity contribution in [3.8, 4) is 0 Å². The van der Waals surface area contributed by atoms with Gasteiger partial charge in [-0.3, -0.25) is 0 Å². The third kappa shape index (κ3) is 18.4. The third-order valence-corrected chi connectivity index (χ3v) is 4.42. The van der Waals surface area contributed by atoms with Gasteiger partial charge in [0.15, 0.2) is 0 Å². The smallest absolute Gasteiger partial charge is 0.0448 e. The molecule has 0 amide bonds. The minimum atomic E-state index is 0.875. The summed E-state index contributed by atoms with van der Waals surface area (Å²) in [5.41, 5.74) is 0. The van der Waals surface area contributed by atoms with E-state index in [-0.39, 0.29) is 0 Å². The predicted molar refractivity (Wildman–Crippen MR) is 101 cm³/mol. The Balaban J connectivity index is 2.94. The van der Waals surface area contributed by atoms with E-state index in [0.717, 1.165) is 10.6 Å². The van der Waals surface area contributed by atoms with Gasteiger partial charge in [0, 0.05) is 4.20 Å². The zero-order chi connectivity index (χ0) is 14.9. The van der Waals surface area contributed by atoms with Gasteiger partial charge in [0.05, 0.1) is 0 Å². The molecule has 120 valence electrons. The van der Waals surface area contributed by atoms with Crippen molar-refractivity contribution in [3.05, 3.63) is 0 Å². The van der Waals surface area contributed by atoms with Crippen LogP contribution < -0.4 is 0 Å². The molecule has 0 N–H and O–H groups in total. The number of thiol groups is 1. The van der Waals surface area contributed by atoms with Gasteiger partial charge in [-0.25, -0.2) is 0 Å². The van der Waals surface area contributed by atoms with Gasteiger partial charge in [0.25, 0.3) is 0 Å². The number of rotatable bonds is 16. The molecule has 0 radical (unpaired) electrons. The van der Waals surface area contributed by atoms with Crippen molar-refractivity contribution < 1.29 is 0 Å². The van der Waals surface area contributed by atoms with Crippen LogP contribution in [0.1, 0.15) is 110 Å². The summed E-state index contributed by atoms with van der Waals surface area (Å²) in [6.07, 6.45) is 22.3. The Morgan fingerprint density at radius 1 is 0.600 bits per heavy atom. The van der Waals surface area contributed by atoms with Gasteiger partial charge in [-0.2, -0.15) is 0 Å². The summed E-state index contributed by atoms with van der Waals surface area (Å²) in [5.74, 6) is 0. The van der Waals surface area contributed by atoms with E-state index in [0.29, 0.717) is 0 Å². The summed E-state index contributed by atoms with van der Waals surface area (Å²) in [7, 11) is 0. The average molecular weight is 317 g/mol. The number of hydrogen-bond donors (Lipinski definition) is 1. The lowest BCUT2D eigenvalue weighted by Crippen LogP contribution is -1.85. The second-order valence-electron chi connectivity index (χ2n) is 6.09. The Kier molecular flexibility index (Phi) is 17.9. The topological polar surface area (TPSA) is 0 Å². The first-order valence-corrected chi connectivity index (χ1v) is 9.84. The molecule has 0 aliphatic rings. The molecule has 0 fully saturated rings. The van der Waals surface area contributed by atoms with Crippen molar-refractivity contribution in [1.82, 2.24) is 0 Å². The second kappa shape index (κ2) is 17.5. The third-order valence-electron chi connectivity index (χ3n) is 3.99. The molecule has 0 aliphatic heterocycles. The molecular formula is C18H36S2. The number of thiocarbonyl (C=S) groups is 1. The van der Waals surface area contributed by atoms with E-state index in [1.165, 1.54) is 96.3 Å². The molecule has 2 heteroatoms. The molecule has 0 bridgehead atoms. The summed E-state index contributed by atoms with van der Waals surface area (Å²) in [4.78, 5) is 0. The fourth-order valence-corrected chi connectivity index (χ4v) is 2.95. The van der Waals surface area contributed by atoms with E-state index in [9.17, 15) is 0 Å². The van der Waals surface area contributed by atoms with Crippen LogP contribution in [0.2, 0.25) is 0 Å². The first kappa shape index (κ1) is 20.4. The van der Waals surface area contributed by atoms with Gasteiger partial charge in [-0.15, -0.1) is 12.6 Å². The fraction of sp³-hybridized carbons (Fsp3) is 0.944. The van der Waals surface area contributed by atoms with Crippen LogP contribution in [0.15, 0.2) is 0 Å². The highest BCUT2D eigenvalue weighted by Crippen LogP contribution is 2.13. The van der Waals surface area contributed by atoms with Gasteiger partial charge in [0.2, 0.25) is 0 Å². The lowest BCUT2D eigenvalue weighted by molar-refractivity contribution is 0.533. The maximum atomic E-state index is 4.96. The molecule has 0 aromatic rings. The van der Waals surface area contributed by atoms with E-state index in [4.69, 9.17) is 12.2 Å². The highest BCUT2D eigenvalue weighted by atomic mass is 32.1. The van der Waals surface area contributed by atoms with Crippen molar-refractivity contribution in [2.24, 2.45) is 0 Å². The van der Waals surface area contributed by atoms with Crippen molar-refractivity contribution in [2.75, 3.05) is 0 Å². The maximum Gasteiger partial charge on any atom is 0.0448 e. The first-order chi connectivity index (χ1) is 9.77. The number of unbranched alkanes of at least 4 members (excludes halogenated alkanes) is 14. The molecule has 0 spiro atoms. The zero-order valence-corrected chi connectivity index (χ0v) is 15.4. The van der Waals surface area contributed by atoms with Crippen LogP contribution in [-0.2, 0) is 0 Å². The molecule has 0 atom stereocenters. The van der Waals surface area contributed by atoms with E-state index in [1.807, 2.05) is 0 Å². The monoisotopic (exact) mass is 316 g/mol. The number of hydrogen-bond acceptors (Lipinski definition) is 1. The second-order valence-corrected chi connectivity index (χ2v) is 7.43. The molecule has 0 rings (SSSR count). The zero-order valence-electron chi connectivity index (χ0n) is 13.7. The van der Waals surface area contributed by atoms with Crippen LogP contribution in [0, 0.1) is 0 Å². The van der Waals surface area contributed by atoms with Crippen LogP contribution in [0.4, 0.5) is 0 Å². The van der Waals surface area contributed by atoms with Gasteiger partial charge in [-0.05, 0) is 12.8 Å². The molecule has 0 aromatic carbocycles. The average Bonchev–Trinajstić information content (AvgIpc) is 2.43. The summed E-state index contributed by atoms with van der Waals surface area (Å²) >= 11 is 9.11. The molecule has 20 heavy (non-hydrogen) atoms. The normalized spacial score (nSPS) is 10.9. The molecule has 0 nitrogen and oxygen atoms in total. The van der Waals surface area contributed by atoms with Gasteiger partial charge in [-0.1, -0.05) is 109 Å². The van der Waals surface area contributed by atoms with Gasteiger partial charge >= 0.3 is 0 Å². The highest BCUT2D eigenvalue weighted by Gasteiger charge is 1.95. The Morgan fingerprint density at radius 3 is 1.20 bits per heavy atom. The van der Waals surface area contributed by atoms with E-state index < -0.39 is 0 Å². The Labute approximate surface area is 138 Å². The molecule has 0 unspecified atom stereocenters. The van der Waals surface area contributed by atoms with Crippen LogP contribution >= 0.6 is 24.8 Å². The molecule has 0 heterocycles. The maximum absolute atomic E-state index is 4.96. The predicted octanol–water partition coefficient (Wildman–Crippen LogP) is 7.51. The molecular weight excluding hydrogens is 280 g/mol. The SMILES string of the molecule is CCCCCCCCCCCCCCCCCC(=S)S. The van der Waals surface area contributed by atoms with Crippen LogP contribution in [0.3, 0.4) is 0 Å². The van der Waals surface area contributed by atoms with E-state index >= 15 is 0 Å². The van der Waals surface area contributed by atoms with Crippen LogP contribution in [0.25, 0.3) is 0 Å². The van der Waals surface area contributed by atoms with Crippen LogP contribution in [0.5, 0.6) is 0 Å². The minimum Gasteiger partial charge on any atom is -0.136 e. The molecule has 0 saturated heterocycles. The minimum absolute atomic E-state index is 0.875. The summed E-state index contributed by atoms with van der Waals surface area (Å²) < 4.78 is 0.875. The lowest BCUT2D eigenvalue weighted by Gasteiger charge is -2.03. The summed E-state index contributed by atoms with van der Waals surface area (Å²) in [6, 6.07) is 0. The van der Waals surface area contributed by atoms with E-state index in [2.05, 4.69) is 19.6 Å². The Morgan fingerprint density at radius 2 is 0.900 bits per heavy atom. The van der Waals surface area contributed by atoms with Crippen molar-refractivity contribution in [1.29, 1.82) is 0 Å². The standard InChI is InChI=1S/C18H36S2/c1-2-3-4-5-6-7-8-9-10-11-12-13-14-15-16-17-18(19)20/h2-17H2,1H3,(H,19,20). The van der Waals surface area contributed by atoms with Gasteiger partial charge < -0.3 is 0 Å². The largest absolute Gasteiger partial charge is 0.136 e. The Hall–Kier alpha value is 0.440. The van der Waals surface area contributed by atoms with Crippen molar-refractivity contribution in [2.45, 2.75) is 110 Å².